The molecule has 0 aliphatic rings. The maximum atomic E-state index is 13.8. The Morgan fingerprint density at radius 3 is 2.80 bits per heavy atom. The van der Waals surface area contributed by atoms with E-state index in [4.69, 9.17) is 10.5 Å². The van der Waals surface area contributed by atoms with Crippen molar-refractivity contribution in [3.8, 4) is 17.0 Å². The first-order chi connectivity index (χ1) is 7.24. The topological polar surface area (TPSA) is 61.0 Å². The standard InChI is InChI=1S/C9H8FN3OS/c1-14-6-4-2-3-5(7(6)10)8-9(11)13-15-12-8/h2-4H,1H3,(H2,11,13). The van der Waals surface area contributed by atoms with Gasteiger partial charge in [-0.15, -0.1) is 0 Å². The lowest BCUT2D eigenvalue weighted by atomic mass is 10.1. The molecule has 15 heavy (non-hydrogen) atoms. The van der Waals surface area contributed by atoms with Gasteiger partial charge < -0.3 is 10.5 Å². The number of halogens is 1. The van der Waals surface area contributed by atoms with Crippen LogP contribution in [0.1, 0.15) is 0 Å². The molecule has 1 heterocycles. The Kier molecular flexibility index (Phi) is 2.51. The van der Waals surface area contributed by atoms with Gasteiger partial charge in [0.25, 0.3) is 0 Å². The van der Waals surface area contributed by atoms with E-state index in [2.05, 4.69) is 8.75 Å². The van der Waals surface area contributed by atoms with Gasteiger partial charge in [-0.1, -0.05) is 6.07 Å². The summed E-state index contributed by atoms with van der Waals surface area (Å²) in [5.41, 5.74) is 6.23. The van der Waals surface area contributed by atoms with Crippen LogP contribution in [0.25, 0.3) is 11.3 Å². The minimum atomic E-state index is -0.473. The molecule has 1 aromatic heterocycles. The summed E-state index contributed by atoms with van der Waals surface area (Å²) >= 11 is 0.951. The van der Waals surface area contributed by atoms with Crippen molar-refractivity contribution in [2.24, 2.45) is 0 Å². The molecule has 78 valence electrons. The number of hydrogen-bond acceptors (Lipinski definition) is 5. The lowest BCUT2D eigenvalue weighted by Crippen LogP contribution is -1.94. The second kappa shape index (κ2) is 3.82. The monoisotopic (exact) mass is 225 g/mol. The second-order valence-electron chi connectivity index (χ2n) is 2.82. The molecule has 0 saturated heterocycles. The SMILES string of the molecule is COc1cccc(-c2nsnc2N)c1F. The first kappa shape index (κ1) is 9.85. The Balaban J connectivity index is 2.59. The van der Waals surface area contributed by atoms with Crippen molar-refractivity contribution in [2.75, 3.05) is 12.8 Å². The van der Waals surface area contributed by atoms with Gasteiger partial charge >= 0.3 is 0 Å². The van der Waals surface area contributed by atoms with E-state index >= 15 is 0 Å². The molecule has 0 unspecified atom stereocenters. The highest BCUT2D eigenvalue weighted by Gasteiger charge is 2.15. The first-order valence-corrected chi connectivity index (χ1v) is 4.88. The van der Waals surface area contributed by atoms with Crippen molar-refractivity contribution in [1.82, 2.24) is 8.75 Å². The van der Waals surface area contributed by atoms with Crippen molar-refractivity contribution in [3.63, 3.8) is 0 Å². The van der Waals surface area contributed by atoms with Crippen LogP contribution in [0.5, 0.6) is 5.75 Å². The van der Waals surface area contributed by atoms with Crippen LogP contribution in [-0.2, 0) is 0 Å². The Morgan fingerprint density at radius 2 is 2.20 bits per heavy atom. The largest absolute Gasteiger partial charge is 0.494 e. The van der Waals surface area contributed by atoms with Crippen molar-refractivity contribution >= 4 is 17.5 Å². The van der Waals surface area contributed by atoms with Gasteiger partial charge in [0.2, 0.25) is 0 Å². The average Bonchev–Trinajstić information content (AvgIpc) is 2.65. The van der Waals surface area contributed by atoms with Gasteiger partial charge in [0.1, 0.15) is 5.69 Å². The van der Waals surface area contributed by atoms with E-state index in [0.717, 1.165) is 11.7 Å². The van der Waals surface area contributed by atoms with Gasteiger partial charge in [-0.2, -0.15) is 8.75 Å². The van der Waals surface area contributed by atoms with Gasteiger partial charge in [0, 0.05) is 5.56 Å². The molecule has 0 spiro atoms. The van der Waals surface area contributed by atoms with Crippen molar-refractivity contribution in [2.45, 2.75) is 0 Å². The van der Waals surface area contributed by atoms with Crippen LogP contribution in [-0.4, -0.2) is 15.9 Å². The zero-order valence-electron chi connectivity index (χ0n) is 7.90. The van der Waals surface area contributed by atoms with Gasteiger partial charge in [0.15, 0.2) is 17.4 Å². The van der Waals surface area contributed by atoms with Gasteiger partial charge in [-0.25, -0.2) is 4.39 Å². The van der Waals surface area contributed by atoms with E-state index in [1.807, 2.05) is 0 Å². The minimum Gasteiger partial charge on any atom is -0.494 e. The highest BCUT2D eigenvalue weighted by atomic mass is 32.1. The molecular formula is C9H8FN3OS. The summed E-state index contributed by atoms with van der Waals surface area (Å²) in [6.45, 7) is 0. The molecule has 2 N–H and O–H groups in total. The summed E-state index contributed by atoms with van der Waals surface area (Å²) in [5, 5.41) is 0. The molecule has 0 atom stereocenters. The van der Waals surface area contributed by atoms with Crippen molar-refractivity contribution in [3.05, 3.63) is 24.0 Å². The molecule has 0 aliphatic heterocycles. The van der Waals surface area contributed by atoms with Gasteiger partial charge in [0.05, 0.1) is 18.8 Å². The van der Waals surface area contributed by atoms with Crippen LogP contribution in [0.4, 0.5) is 10.2 Å². The Bertz CT molecular complexity index is 486. The van der Waals surface area contributed by atoms with Gasteiger partial charge in [-0.3, -0.25) is 0 Å². The predicted molar refractivity (Wildman–Crippen MR) is 56.3 cm³/mol. The molecule has 0 amide bonds. The quantitative estimate of drug-likeness (QED) is 0.848. The third kappa shape index (κ3) is 1.63. The Labute approximate surface area is 89.8 Å². The molecular weight excluding hydrogens is 217 g/mol. The minimum absolute atomic E-state index is 0.167. The van der Waals surface area contributed by atoms with Crippen LogP contribution in [0.2, 0.25) is 0 Å². The third-order valence-electron chi connectivity index (χ3n) is 1.95. The summed E-state index contributed by atoms with van der Waals surface area (Å²) in [6, 6.07) is 4.80. The highest BCUT2D eigenvalue weighted by Crippen LogP contribution is 2.30. The number of ether oxygens (including phenoxy) is 1. The molecule has 0 bridgehead atoms. The molecule has 6 heteroatoms. The average molecular weight is 225 g/mol. The van der Waals surface area contributed by atoms with Gasteiger partial charge in [-0.05, 0) is 12.1 Å². The van der Waals surface area contributed by atoms with E-state index < -0.39 is 5.82 Å². The lowest BCUT2D eigenvalue weighted by molar-refractivity contribution is 0.387. The number of anilines is 1. The number of aromatic nitrogens is 2. The smallest absolute Gasteiger partial charge is 0.174 e. The van der Waals surface area contributed by atoms with Crippen molar-refractivity contribution < 1.29 is 9.13 Å². The van der Waals surface area contributed by atoms with E-state index in [9.17, 15) is 4.39 Å². The number of benzene rings is 1. The summed E-state index contributed by atoms with van der Waals surface area (Å²) in [7, 11) is 1.41. The Morgan fingerprint density at radius 1 is 1.40 bits per heavy atom. The summed E-state index contributed by atoms with van der Waals surface area (Å²) < 4.78 is 26.4. The molecule has 0 aliphatic carbocycles. The van der Waals surface area contributed by atoms with Crippen LogP contribution >= 0.6 is 11.7 Å². The number of nitrogen functional groups attached to an aromatic ring is 1. The van der Waals surface area contributed by atoms with Crippen LogP contribution in [0.15, 0.2) is 18.2 Å². The van der Waals surface area contributed by atoms with E-state index in [0.29, 0.717) is 11.3 Å². The molecule has 2 aromatic rings. The highest BCUT2D eigenvalue weighted by molar-refractivity contribution is 6.99. The Hall–Kier alpha value is -1.69. The lowest BCUT2D eigenvalue weighted by Gasteiger charge is -2.04. The fourth-order valence-electron chi connectivity index (χ4n) is 1.23. The number of methoxy groups -OCH3 is 1. The maximum absolute atomic E-state index is 13.8. The van der Waals surface area contributed by atoms with Crippen LogP contribution in [0, 0.1) is 5.82 Å². The normalized spacial score (nSPS) is 10.3. The first-order valence-electron chi connectivity index (χ1n) is 4.15. The van der Waals surface area contributed by atoms with Crippen LogP contribution < -0.4 is 10.5 Å². The van der Waals surface area contributed by atoms with E-state index in [-0.39, 0.29) is 11.6 Å². The maximum Gasteiger partial charge on any atom is 0.174 e. The molecule has 1 aromatic carbocycles. The predicted octanol–water partition coefficient (Wildman–Crippen LogP) is 1.94. The number of nitrogens with two attached hydrogens (primary N) is 1. The number of rotatable bonds is 2. The van der Waals surface area contributed by atoms with E-state index in [1.165, 1.54) is 13.2 Å². The zero-order valence-corrected chi connectivity index (χ0v) is 8.71. The fourth-order valence-corrected chi connectivity index (χ4v) is 1.72. The van der Waals surface area contributed by atoms with E-state index in [1.54, 1.807) is 12.1 Å². The molecule has 2 rings (SSSR count). The molecule has 0 radical (unpaired) electrons. The summed E-state index contributed by atoms with van der Waals surface area (Å²) in [6.07, 6.45) is 0. The molecule has 0 fully saturated rings. The number of hydrogen-bond donors (Lipinski definition) is 1. The molecule has 0 saturated carbocycles. The third-order valence-corrected chi connectivity index (χ3v) is 2.49. The summed E-state index contributed by atoms with van der Waals surface area (Å²) in [5.74, 6) is -0.0774. The van der Waals surface area contributed by atoms with Crippen molar-refractivity contribution in [1.29, 1.82) is 0 Å². The summed E-state index contributed by atoms with van der Waals surface area (Å²) in [4.78, 5) is 0. The molecule has 4 nitrogen and oxygen atoms in total. The fraction of sp³-hybridized carbons (Fsp3) is 0.111. The second-order valence-corrected chi connectivity index (χ2v) is 3.35. The number of nitrogens with zero attached hydrogens (tertiary/aromatic N) is 2. The van der Waals surface area contributed by atoms with Crippen LogP contribution in [0.3, 0.4) is 0 Å². The zero-order chi connectivity index (χ0) is 10.8.